The Morgan fingerprint density at radius 2 is 2.00 bits per heavy atom. The van der Waals surface area contributed by atoms with Gasteiger partial charge in [-0.05, 0) is 12.5 Å². The van der Waals surface area contributed by atoms with Crippen LogP contribution in [0, 0.1) is 6.92 Å². The number of aryl methyl sites for hydroxylation is 1. The van der Waals surface area contributed by atoms with Crippen LogP contribution >= 0.6 is 0 Å². The summed E-state index contributed by atoms with van der Waals surface area (Å²) in [4.78, 5) is 11.3. The van der Waals surface area contributed by atoms with E-state index in [-0.39, 0.29) is 5.97 Å². The molecule has 1 aromatic heterocycles. The summed E-state index contributed by atoms with van der Waals surface area (Å²) in [5.41, 5.74) is 4.18. The molecule has 0 radical (unpaired) electrons. The van der Waals surface area contributed by atoms with Gasteiger partial charge in [0.25, 0.3) is 0 Å². The van der Waals surface area contributed by atoms with Gasteiger partial charge >= 0.3 is 5.97 Å². The van der Waals surface area contributed by atoms with Crippen LogP contribution in [0.2, 0.25) is 0 Å². The van der Waals surface area contributed by atoms with Gasteiger partial charge in [0.15, 0.2) is 0 Å². The number of fused-ring (bicyclic) bond motifs is 1. The van der Waals surface area contributed by atoms with Crippen molar-refractivity contribution in [2.45, 2.75) is 20.1 Å². The number of aromatic nitrogens is 1. The van der Waals surface area contributed by atoms with Gasteiger partial charge < -0.3 is 9.30 Å². The van der Waals surface area contributed by atoms with Gasteiger partial charge in [-0.3, -0.25) is 0 Å². The van der Waals surface area contributed by atoms with Crippen LogP contribution in [0.15, 0.2) is 36.7 Å². The van der Waals surface area contributed by atoms with E-state index in [0.29, 0.717) is 12.2 Å². The smallest absolute Gasteiger partial charge is 0.340 e. The highest BCUT2D eigenvalue weighted by Crippen LogP contribution is 2.21. The minimum atomic E-state index is -0.206. The van der Waals surface area contributed by atoms with E-state index in [1.165, 1.54) is 11.1 Å². The van der Waals surface area contributed by atoms with Crippen molar-refractivity contribution in [1.82, 2.24) is 4.57 Å². The largest absolute Gasteiger partial charge is 0.457 e. The van der Waals surface area contributed by atoms with Gasteiger partial charge in [-0.15, -0.1) is 0 Å². The van der Waals surface area contributed by atoms with Gasteiger partial charge in [0, 0.05) is 24.5 Å². The summed E-state index contributed by atoms with van der Waals surface area (Å²) in [7, 11) is 0. The molecule has 0 fully saturated rings. The number of cyclic esters (lactones) is 1. The first-order valence-corrected chi connectivity index (χ1v) is 5.64. The number of carbonyl (C=O) groups excluding carboxylic acids is 1. The fourth-order valence-electron chi connectivity index (χ4n) is 2.07. The average molecular weight is 227 g/mol. The predicted molar refractivity (Wildman–Crippen MR) is 63.8 cm³/mol. The summed E-state index contributed by atoms with van der Waals surface area (Å²) < 4.78 is 6.97. The SMILES string of the molecule is Cc1ccc(Cn2cc3c(c2)C(=O)OC3)cc1. The Morgan fingerprint density at radius 1 is 1.24 bits per heavy atom. The molecule has 3 rings (SSSR count). The van der Waals surface area contributed by atoms with Gasteiger partial charge in [-0.25, -0.2) is 4.79 Å². The molecule has 0 atom stereocenters. The number of benzene rings is 1. The van der Waals surface area contributed by atoms with Crippen LogP contribution in [0.25, 0.3) is 0 Å². The monoisotopic (exact) mass is 227 g/mol. The quantitative estimate of drug-likeness (QED) is 0.738. The van der Waals surface area contributed by atoms with Crippen molar-refractivity contribution in [2.24, 2.45) is 0 Å². The molecule has 0 amide bonds. The van der Waals surface area contributed by atoms with Gasteiger partial charge in [0.1, 0.15) is 6.61 Å². The lowest BCUT2D eigenvalue weighted by Gasteiger charge is -2.04. The second kappa shape index (κ2) is 3.77. The van der Waals surface area contributed by atoms with Crippen molar-refractivity contribution in [1.29, 1.82) is 0 Å². The Morgan fingerprint density at radius 3 is 2.71 bits per heavy atom. The molecule has 1 aromatic carbocycles. The highest BCUT2D eigenvalue weighted by Gasteiger charge is 2.22. The van der Waals surface area contributed by atoms with Crippen LogP contribution < -0.4 is 0 Å². The van der Waals surface area contributed by atoms with Crippen LogP contribution in [0.3, 0.4) is 0 Å². The van der Waals surface area contributed by atoms with E-state index >= 15 is 0 Å². The Labute approximate surface area is 99.6 Å². The molecule has 86 valence electrons. The second-order valence-corrected chi connectivity index (χ2v) is 4.43. The van der Waals surface area contributed by atoms with Crippen molar-refractivity contribution in [2.75, 3.05) is 0 Å². The molecular weight excluding hydrogens is 214 g/mol. The average Bonchev–Trinajstić information content (AvgIpc) is 2.85. The summed E-state index contributed by atoms with van der Waals surface area (Å²) in [6.07, 6.45) is 3.85. The maximum Gasteiger partial charge on any atom is 0.340 e. The lowest BCUT2D eigenvalue weighted by Crippen LogP contribution is -1.99. The number of carbonyl (C=O) groups is 1. The Balaban J connectivity index is 1.84. The number of rotatable bonds is 2. The number of nitrogens with zero attached hydrogens (tertiary/aromatic N) is 1. The molecule has 2 heterocycles. The van der Waals surface area contributed by atoms with Gasteiger partial charge in [0.2, 0.25) is 0 Å². The molecule has 3 nitrogen and oxygen atoms in total. The fourth-order valence-corrected chi connectivity index (χ4v) is 2.07. The van der Waals surface area contributed by atoms with E-state index < -0.39 is 0 Å². The topological polar surface area (TPSA) is 31.2 Å². The van der Waals surface area contributed by atoms with Crippen LogP contribution in [0.5, 0.6) is 0 Å². The summed E-state index contributed by atoms with van der Waals surface area (Å²) in [6, 6.07) is 8.42. The van der Waals surface area contributed by atoms with Gasteiger partial charge in [-0.1, -0.05) is 29.8 Å². The van der Waals surface area contributed by atoms with Gasteiger partial charge in [0.05, 0.1) is 5.56 Å². The first-order valence-electron chi connectivity index (χ1n) is 5.64. The van der Waals surface area contributed by atoms with E-state index in [4.69, 9.17) is 4.74 Å². The van der Waals surface area contributed by atoms with Crippen molar-refractivity contribution < 1.29 is 9.53 Å². The summed E-state index contributed by atoms with van der Waals surface area (Å²) in [6.45, 7) is 3.28. The number of hydrogen-bond donors (Lipinski definition) is 0. The molecule has 0 N–H and O–H groups in total. The molecular formula is C14H13NO2. The van der Waals surface area contributed by atoms with E-state index in [2.05, 4.69) is 31.2 Å². The van der Waals surface area contributed by atoms with E-state index in [1.54, 1.807) is 0 Å². The lowest BCUT2D eigenvalue weighted by atomic mass is 10.1. The van der Waals surface area contributed by atoms with Crippen molar-refractivity contribution >= 4 is 5.97 Å². The summed E-state index contributed by atoms with van der Waals surface area (Å²) >= 11 is 0. The molecule has 0 aliphatic carbocycles. The molecule has 3 heteroatoms. The number of esters is 1. The van der Waals surface area contributed by atoms with Crippen molar-refractivity contribution in [3.05, 3.63) is 58.9 Å². The third-order valence-electron chi connectivity index (χ3n) is 3.03. The highest BCUT2D eigenvalue weighted by molar-refractivity contribution is 5.93. The standard InChI is InChI=1S/C14H13NO2/c1-10-2-4-11(5-3-10)6-15-7-12-9-17-14(16)13(12)8-15/h2-5,7-8H,6,9H2,1H3. The van der Waals surface area contributed by atoms with Crippen LogP contribution in [-0.2, 0) is 17.9 Å². The zero-order chi connectivity index (χ0) is 11.8. The summed E-state index contributed by atoms with van der Waals surface area (Å²) in [5, 5.41) is 0. The van der Waals surface area contributed by atoms with E-state index in [0.717, 1.165) is 12.1 Å². The van der Waals surface area contributed by atoms with Crippen LogP contribution in [0.4, 0.5) is 0 Å². The van der Waals surface area contributed by atoms with Crippen molar-refractivity contribution in [3.63, 3.8) is 0 Å². The number of ether oxygens (including phenoxy) is 1. The molecule has 0 saturated carbocycles. The first-order chi connectivity index (χ1) is 8.22. The Hall–Kier alpha value is -2.03. The zero-order valence-corrected chi connectivity index (χ0v) is 9.64. The highest BCUT2D eigenvalue weighted by atomic mass is 16.5. The molecule has 1 aliphatic rings. The van der Waals surface area contributed by atoms with Crippen LogP contribution in [-0.4, -0.2) is 10.5 Å². The maximum atomic E-state index is 11.3. The van der Waals surface area contributed by atoms with Crippen molar-refractivity contribution in [3.8, 4) is 0 Å². The molecule has 2 aromatic rings. The fraction of sp³-hybridized carbons (Fsp3) is 0.214. The minimum absolute atomic E-state index is 0.206. The summed E-state index contributed by atoms with van der Waals surface area (Å²) in [5.74, 6) is -0.206. The molecule has 0 unspecified atom stereocenters. The molecule has 17 heavy (non-hydrogen) atoms. The maximum absolute atomic E-state index is 11.3. The third-order valence-corrected chi connectivity index (χ3v) is 3.03. The Kier molecular flexibility index (Phi) is 2.25. The lowest BCUT2D eigenvalue weighted by molar-refractivity contribution is 0.0533. The van der Waals surface area contributed by atoms with E-state index in [1.807, 2.05) is 17.0 Å². The molecule has 1 aliphatic heterocycles. The van der Waals surface area contributed by atoms with Crippen LogP contribution in [0.1, 0.15) is 27.0 Å². The van der Waals surface area contributed by atoms with Gasteiger partial charge in [-0.2, -0.15) is 0 Å². The molecule has 0 spiro atoms. The second-order valence-electron chi connectivity index (χ2n) is 4.43. The Bertz CT molecular complexity index is 566. The predicted octanol–water partition coefficient (Wildman–Crippen LogP) is 2.52. The minimum Gasteiger partial charge on any atom is -0.457 e. The number of hydrogen-bond acceptors (Lipinski definition) is 2. The third kappa shape index (κ3) is 1.84. The first kappa shape index (κ1) is 10.1. The molecule has 0 saturated heterocycles. The van der Waals surface area contributed by atoms with E-state index in [9.17, 15) is 4.79 Å². The molecule has 0 bridgehead atoms. The zero-order valence-electron chi connectivity index (χ0n) is 9.64. The normalized spacial score (nSPS) is 13.6.